The van der Waals surface area contributed by atoms with E-state index >= 15 is 0 Å². The second-order valence-corrected chi connectivity index (χ2v) is 10.4. The molecule has 0 aliphatic rings. The third kappa shape index (κ3) is 7.40. The van der Waals surface area contributed by atoms with Gasteiger partial charge in [0.1, 0.15) is 23.8 Å². The lowest BCUT2D eigenvalue weighted by Crippen LogP contribution is -2.39. The molecule has 1 aromatic heterocycles. The number of anilines is 1. The number of hydrogen-bond donors (Lipinski definition) is 1. The van der Waals surface area contributed by atoms with Crippen LogP contribution in [0.1, 0.15) is 30.0 Å². The molecule has 11 heteroatoms. The molecule has 212 valence electrons. The van der Waals surface area contributed by atoms with Crippen LogP contribution < -0.4 is 14.5 Å². The zero-order valence-electron chi connectivity index (χ0n) is 22.5. The number of ether oxygens (including phenoxy) is 2. The van der Waals surface area contributed by atoms with Gasteiger partial charge in [0.05, 0.1) is 35.6 Å². The first kappa shape index (κ1) is 29.1. The summed E-state index contributed by atoms with van der Waals surface area (Å²) in [5, 5.41) is 3.92. The zero-order valence-corrected chi connectivity index (χ0v) is 23.3. The van der Waals surface area contributed by atoms with Gasteiger partial charge in [-0.15, -0.1) is 0 Å². The molecule has 1 heterocycles. The first-order chi connectivity index (χ1) is 19.8. The maximum absolute atomic E-state index is 13.5. The van der Waals surface area contributed by atoms with Crippen LogP contribution in [-0.2, 0) is 19.6 Å². The Balaban J connectivity index is 1.43. The quantitative estimate of drug-likeness (QED) is 0.145. The van der Waals surface area contributed by atoms with Crippen LogP contribution in [0.15, 0.2) is 105 Å². The molecular formula is C30H29N3O7S. The van der Waals surface area contributed by atoms with Crippen molar-refractivity contribution < 1.29 is 31.9 Å². The highest BCUT2D eigenvalue weighted by Gasteiger charge is 2.27. The largest absolute Gasteiger partial charge is 0.494 e. The van der Waals surface area contributed by atoms with Gasteiger partial charge in [0.2, 0.25) is 0 Å². The number of nitrogens with zero attached hydrogens (tertiary/aromatic N) is 2. The van der Waals surface area contributed by atoms with Crippen LogP contribution in [-0.4, -0.2) is 46.3 Å². The first-order valence-corrected chi connectivity index (χ1v) is 14.3. The molecule has 0 saturated heterocycles. The molecule has 10 nitrogen and oxygen atoms in total. The average Bonchev–Trinajstić information content (AvgIpc) is 3.46. The average molecular weight is 576 g/mol. The maximum Gasteiger partial charge on any atom is 0.338 e. The van der Waals surface area contributed by atoms with Crippen molar-refractivity contribution in [3.8, 4) is 17.1 Å². The molecule has 0 aliphatic heterocycles. The molecule has 0 unspecified atom stereocenters. The Morgan fingerprint density at radius 1 is 0.902 bits per heavy atom. The summed E-state index contributed by atoms with van der Waals surface area (Å²) in [6.45, 7) is 3.81. The number of para-hydroxylation sites is 1. The highest BCUT2D eigenvalue weighted by molar-refractivity contribution is 7.92. The SMILES string of the molecule is CCOC(=O)c1ccc(-c2ccc(/C=N/NC(=O)CN(c3ccccc3)S(=O)(=O)c3ccc(OCC)cc3)o2)cc1. The van der Waals surface area contributed by atoms with Gasteiger partial charge in [0.15, 0.2) is 0 Å². The molecule has 1 N–H and O–H groups in total. The Hall–Kier alpha value is -4.90. The Kier molecular flexibility index (Phi) is 9.54. The number of amides is 1. The topological polar surface area (TPSA) is 128 Å². The van der Waals surface area contributed by atoms with Gasteiger partial charge in [-0.3, -0.25) is 9.10 Å². The van der Waals surface area contributed by atoms with Crippen molar-refractivity contribution in [3.05, 3.63) is 102 Å². The van der Waals surface area contributed by atoms with E-state index in [1.165, 1.54) is 18.3 Å². The van der Waals surface area contributed by atoms with E-state index in [-0.39, 0.29) is 4.90 Å². The summed E-state index contributed by atoms with van der Waals surface area (Å²) in [6.07, 6.45) is 1.31. The van der Waals surface area contributed by atoms with Crippen molar-refractivity contribution in [2.24, 2.45) is 5.10 Å². The highest BCUT2D eigenvalue weighted by Crippen LogP contribution is 2.25. The molecule has 0 saturated carbocycles. The number of carbonyl (C=O) groups excluding carboxylic acids is 2. The van der Waals surface area contributed by atoms with Crippen molar-refractivity contribution in [2.75, 3.05) is 24.1 Å². The zero-order chi connectivity index (χ0) is 29.2. The summed E-state index contributed by atoms with van der Waals surface area (Å²) >= 11 is 0. The number of esters is 1. The van der Waals surface area contributed by atoms with Crippen molar-refractivity contribution in [3.63, 3.8) is 0 Å². The molecule has 0 radical (unpaired) electrons. The molecule has 0 atom stereocenters. The third-order valence-electron chi connectivity index (χ3n) is 5.74. The van der Waals surface area contributed by atoms with Crippen LogP contribution in [0.5, 0.6) is 5.75 Å². The predicted molar refractivity (Wildman–Crippen MR) is 154 cm³/mol. The molecule has 1 amide bonds. The Labute approximate surface area is 238 Å². The number of hydrazone groups is 1. The van der Waals surface area contributed by atoms with Crippen molar-refractivity contribution in [1.29, 1.82) is 0 Å². The number of benzene rings is 3. The molecule has 0 bridgehead atoms. The van der Waals surface area contributed by atoms with Crippen LogP contribution in [0.25, 0.3) is 11.3 Å². The normalized spacial score (nSPS) is 11.3. The van der Waals surface area contributed by atoms with E-state index in [0.29, 0.717) is 41.7 Å². The van der Waals surface area contributed by atoms with Crippen LogP contribution in [0, 0.1) is 0 Å². The number of carbonyl (C=O) groups is 2. The minimum atomic E-state index is -4.08. The summed E-state index contributed by atoms with van der Waals surface area (Å²) in [4.78, 5) is 24.6. The lowest BCUT2D eigenvalue weighted by molar-refractivity contribution is -0.119. The van der Waals surface area contributed by atoms with E-state index in [1.807, 2.05) is 6.92 Å². The van der Waals surface area contributed by atoms with Gasteiger partial charge in [-0.1, -0.05) is 30.3 Å². The molecule has 0 spiro atoms. The van der Waals surface area contributed by atoms with Crippen LogP contribution in [0.3, 0.4) is 0 Å². The van der Waals surface area contributed by atoms with Gasteiger partial charge < -0.3 is 13.9 Å². The van der Waals surface area contributed by atoms with E-state index in [9.17, 15) is 18.0 Å². The summed E-state index contributed by atoms with van der Waals surface area (Å²) in [5.41, 5.74) is 3.85. The molecular weight excluding hydrogens is 546 g/mol. The van der Waals surface area contributed by atoms with Gasteiger partial charge in [0.25, 0.3) is 15.9 Å². The lowest BCUT2D eigenvalue weighted by Gasteiger charge is -2.23. The van der Waals surface area contributed by atoms with Gasteiger partial charge in [-0.05, 0) is 74.5 Å². The van der Waals surface area contributed by atoms with E-state index in [1.54, 1.807) is 85.8 Å². The Morgan fingerprint density at radius 3 is 2.27 bits per heavy atom. The number of furan rings is 1. The molecule has 4 aromatic rings. The van der Waals surface area contributed by atoms with Gasteiger partial charge in [-0.25, -0.2) is 18.6 Å². The molecule has 3 aromatic carbocycles. The summed E-state index contributed by atoms with van der Waals surface area (Å²) in [7, 11) is -4.08. The monoisotopic (exact) mass is 575 g/mol. The van der Waals surface area contributed by atoms with Gasteiger partial charge in [0, 0.05) is 5.56 Å². The van der Waals surface area contributed by atoms with Gasteiger partial charge in [-0.2, -0.15) is 5.10 Å². The molecule has 41 heavy (non-hydrogen) atoms. The van der Waals surface area contributed by atoms with Crippen molar-refractivity contribution >= 4 is 33.8 Å². The number of hydrogen-bond acceptors (Lipinski definition) is 8. The van der Waals surface area contributed by atoms with E-state index < -0.39 is 28.4 Å². The van der Waals surface area contributed by atoms with Crippen molar-refractivity contribution in [2.45, 2.75) is 18.7 Å². The fraction of sp³-hybridized carbons (Fsp3) is 0.167. The third-order valence-corrected chi connectivity index (χ3v) is 7.53. The predicted octanol–water partition coefficient (Wildman–Crippen LogP) is 4.87. The second-order valence-electron chi connectivity index (χ2n) is 8.54. The number of nitrogens with one attached hydrogen (secondary N) is 1. The number of sulfonamides is 1. The van der Waals surface area contributed by atoms with Crippen LogP contribution >= 0.6 is 0 Å². The summed E-state index contributed by atoms with van der Waals surface area (Å²) < 4.78 is 44.1. The summed E-state index contributed by atoms with van der Waals surface area (Å²) in [6, 6.07) is 24.5. The van der Waals surface area contributed by atoms with Crippen LogP contribution in [0.4, 0.5) is 5.69 Å². The lowest BCUT2D eigenvalue weighted by atomic mass is 10.1. The fourth-order valence-electron chi connectivity index (χ4n) is 3.81. The summed E-state index contributed by atoms with van der Waals surface area (Å²) in [5.74, 6) is 0.377. The second kappa shape index (κ2) is 13.4. The minimum Gasteiger partial charge on any atom is -0.494 e. The Bertz CT molecular complexity index is 1600. The van der Waals surface area contributed by atoms with E-state index in [4.69, 9.17) is 13.9 Å². The molecule has 0 fully saturated rings. The van der Waals surface area contributed by atoms with E-state index in [0.717, 1.165) is 9.87 Å². The fourth-order valence-corrected chi connectivity index (χ4v) is 5.23. The molecule has 0 aliphatic carbocycles. The van der Waals surface area contributed by atoms with E-state index in [2.05, 4.69) is 10.5 Å². The molecule has 4 rings (SSSR count). The van der Waals surface area contributed by atoms with Gasteiger partial charge >= 0.3 is 5.97 Å². The highest BCUT2D eigenvalue weighted by atomic mass is 32.2. The van der Waals surface area contributed by atoms with Crippen LogP contribution in [0.2, 0.25) is 0 Å². The Morgan fingerprint density at radius 2 is 1.61 bits per heavy atom. The standard InChI is InChI=1S/C30H29N3O7S/c1-3-38-25-14-17-27(18-15-25)41(36,37)33(24-8-6-5-7-9-24)21-29(34)32-31-20-26-16-19-28(40-26)22-10-12-23(13-11-22)30(35)39-4-2/h5-20H,3-4,21H2,1-2H3,(H,32,34)/b31-20+. The smallest absolute Gasteiger partial charge is 0.338 e. The minimum absolute atomic E-state index is 0.0134. The van der Waals surface area contributed by atoms with Crippen molar-refractivity contribution in [1.82, 2.24) is 5.43 Å². The number of rotatable bonds is 12. The first-order valence-electron chi connectivity index (χ1n) is 12.8. The maximum atomic E-state index is 13.5.